The van der Waals surface area contributed by atoms with Gasteiger partial charge in [0.15, 0.2) is 0 Å². The molecule has 2 N–H and O–H groups in total. The van der Waals surface area contributed by atoms with E-state index < -0.39 is 0 Å². The van der Waals surface area contributed by atoms with E-state index >= 15 is 0 Å². The van der Waals surface area contributed by atoms with Gasteiger partial charge in [0.2, 0.25) is 0 Å². The van der Waals surface area contributed by atoms with Crippen molar-refractivity contribution in [3.8, 4) is 5.75 Å². The van der Waals surface area contributed by atoms with Crippen molar-refractivity contribution in [1.29, 1.82) is 0 Å². The van der Waals surface area contributed by atoms with Crippen molar-refractivity contribution in [2.75, 3.05) is 25.0 Å². The van der Waals surface area contributed by atoms with Crippen molar-refractivity contribution in [3.63, 3.8) is 0 Å². The number of hydrogen-bond donors (Lipinski definition) is 2. The van der Waals surface area contributed by atoms with Crippen molar-refractivity contribution >= 4 is 39.5 Å². The van der Waals surface area contributed by atoms with Gasteiger partial charge >= 0.3 is 6.03 Å². The number of imide groups is 1. The molecule has 1 aliphatic heterocycles. The number of rotatable bonds is 5. The summed E-state index contributed by atoms with van der Waals surface area (Å²) in [5.74, 6) is -0.501. The lowest BCUT2D eigenvalue weighted by Crippen LogP contribution is -2.39. The Morgan fingerprint density at radius 3 is 2.48 bits per heavy atom. The molecule has 0 unspecified atom stereocenters. The van der Waals surface area contributed by atoms with Gasteiger partial charge in [-0.3, -0.25) is 19.4 Å². The van der Waals surface area contributed by atoms with Crippen LogP contribution in [0.3, 0.4) is 0 Å². The highest BCUT2D eigenvalue weighted by Gasteiger charge is 2.34. The number of benzene rings is 2. The summed E-state index contributed by atoms with van der Waals surface area (Å²) in [5.41, 5.74) is 1.43. The van der Waals surface area contributed by atoms with Gasteiger partial charge in [0.1, 0.15) is 5.75 Å². The molecule has 3 rings (SSSR count). The Morgan fingerprint density at radius 2 is 1.78 bits per heavy atom. The van der Waals surface area contributed by atoms with Crippen LogP contribution in [-0.2, 0) is 0 Å². The van der Waals surface area contributed by atoms with Gasteiger partial charge in [-0.1, -0.05) is 15.9 Å². The summed E-state index contributed by atoms with van der Waals surface area (Å²) in [5, 5.41) is 12.0. The number of hydrogen-bond acceptors (Lipinski definition) is 4. The zero-order chi connectivity index (χ0) is 19.6. The van der Waals surface area contributed by atoms with E-state index in [2.05, 4.69) is 21.2 Å². The van der Waals surface area contributed by atoms with E-state index in [0.29, 0.717) is 29.8 Å². The third kappa shape index (κ3) is 3.95. The van der Waals surface area contributed by atoms with Crippen molar-refractivity contribution < 1.29 is 19.5 Å². The first-order valence-electron chi connectivity index (χ1n) is 8.35. The van der Waals surface area contributed by atoms with Gasteiger partial charge in [0, 0.05) is 30.3 Å². The highest BCUT2D eigenvalue weighted by Crippen LogP contribution is 2.26. The summed E-state index contributed by atoms with van der Waals surface area (Å²) in [7, 11) is 1.61. The minimum Gasteiger partial charge on any atom is -0.508 e. The Hall–Kier alpha value is -2.87. The molecule has 140 valence electrons. The normalized spacial score (nSPS) is 12.9. The summed E-state index contributed by atoms with van der Waals surface area (Å²) in [6.07, 6.45) is 0.446. The lowest BCUT2D eigenvalue weighted by molar-refractivity contribution is 0.0653. The molecule has 8 heteroatoms. The molecule has 0 spiro atoms. The zero-order valence-corrected chi connectivity index (χ0v) is 16.2. The van der Waals surface area contributed by atoms with E-state index in [1.807, 2.05) is 0 Å². The fourth-order valence-corrected chi connectivity index (χ4v) is 3.17. The Kier molecular flexibility index (Phi) is 5.46. The molecule has 0 atom stereocenters. The summed E-state index contributed by atoms with van der Waals surface area (Å²) in [4.78, 5) is 39.5. The van der Waals surface area contributed by atoms with Crippen LogP contribution in [0.1, 0.15) is 27.1 Å². The molecular formula is C19H18BrN3O4. The third-order valence-electron chi connectivity index (χ3n) is 4.31. The number of carbonyl (C=O) groups excluding carboxylic acids is 3. The second kappa shape index (κ2) is 7.79. The van der Waals surface area contributed by atoms with Crippen LogP contribution in [0.25, 0.3) is 0 Å². The Bertz CT molecular complexity index is 898. The number of urea groups is 1. The summed E-state index contributed by atoms with van der Waals surface area (Å²) in [6.45, 7) is 0.547. The molecular weight excluding hydrogens is 414 g/mol. The third-order valence-corrected chi connectivity index (χ3v) is 4.80. The minimum atomic E-state index is -0.316. The lowest BCUT2D eigenvalue weighted by atomic mass is 10.1. The van der Waals surface area contributed by atoms with E-state index in [1.54, 1.807) is 37.4 Å². The van der Waals surface area contributed by atoms with Gasteiger partial charge in [-0.05, 0) is 48.9 Å². The van der Waals surface area contributed by atoms with E-state index in [1.165, 1.54) is 21.9 Å². The maximum Gasteiger partial charge on any atom is 0.321 e. The predicted molar refractivity (Wildman–Crippen MR) is 104 cm³/mol. The Morgan fingerprint density at radius 1 is 1.11 bits per heavy atom. The van der Waals surface area contributed by atoms with Gasteiger partial charge in [-0.15, -0.1) is 0 Å². The number of halogens is 1. The molecule has 4 amide bonds. The lowest BCUT2D eigenvalue weighted by Gasteiger charge is -2.19. The van der Waals surface area contributed by atoms with E-state index in [4.69, 9.17) is 0 Å². The monoisotopic (exact) mass is 431 g/mol. The van der Waals surface area contributed by atoms with Gasteiger partial charge in [0.05, 0.1) is 11.1 Å². The predicted octanol–water partition coefficient (Wildman–Crippen LogP) is 2.99. The van der Waals surface area contributed by atoms with E-state index in [9.17, 15) is 19.5 Å². The van der Waals surface area contributed by atoms with Crippen molar-refractivity contribution in [2.45, 2.75) is 6.42 Å². The van der Waals surface area contributed by atoms with Crippen LogP contribution in [-0.4, -0.2) is 48.0 Å². The summed E-state index contributed by atoms with van der Waals surface area (Å²) >= 11 is 3.30. The number of carbonyl (C=O) groups is 3. The van der Waals surface area contributed by atoms with E-state index in [0.717, 1.165) is 4.47 Å². The van der Waals surface area contributed by atoms with Crippen LogP contribution in [0.4, 0.5) is 10.5 Å². The average molecular weight is 432 g/mol. The van der Waals surface area contributed by atoms with Gasteiger partial charge in [-0.2, -0.15) is 0 Å². The molecule has 27 heavy (non-hydrogen) atoms. The first-order valence-corrected chi connectivity index (χ1v) is 9.14. The fourth-order valence-electron chi connectivity index (χ4n) is 2.81. The molecule has 7 nitrogen and oxygen atoms in total. The molecule has 1 heterocycles. The zero-order valence-electron chi connectivity index (χ0n) is 14.6. The second-order valence-electron chi connectivity index (χ2n) is 6.11. The molecule has 1 aliphatic rings. The van der Waals surface area contributed by atoms with Crippen molar-refractivity contribution in [1.82, 2.24) is 10.2 Å². The van der Waals surface area contributed by atoms with Crippen molar-refractivity contribution in [3.05, 3.63) is 58.1 Å². The number of nitrogens with one attached hydrogen (secondary N) is 1. The number of amides is 4. The quantitative estimate of drug-likeness (QED) is 0.562. The number of aromatic hydroxyl groups is 1. The highest BCUT2D eigenvalue weighted by molar-refractivity contribution is 9.10. The molecule has 2 aromatic rings. The Labute approximate surface area is 164 Å². The first kappa shape index (κ1) is 18.9. The maximum atomic E-state index is 12.4. The largest absolute Gasteiger partial charge is 0.508 e. The van der Waals surface area contributed by atoms with Crippen LogP contribution in [0.15, 0.2) is 46.9 Å². The molecule has 0 fully saturated rings. The van der Waals surface area contributed by atoms with Crippen LogP contribution in [0.5, 0.6) is 5.75 Å². The van der Waals surface area contributed by atoms with Gasteiger partial charge < -0.3 is 10.4 Å². The molecule has 0 aliphatic carbocycles. The maximum absolute atomic E-state index is 12.4. The first-order chi connectivity index (χ1) is 12.9. The topological polar surface area (TPSA) is 90.0 Å². The van der Waals surface area contributed by atoms with Gasteiger partial charge in [-0.25, -0.2) is 4.79 Å². The molecule has 0 radical (unpaired) electrons. The molecule has 0 aromatic heterocycles. The van der Waals surface area contributed by atoms with Crippen LogP contribution in [0, 0.1) is 0 Å². The SMILES string of the molecule is CN(C(=O)NCCCN1C(=O)c2ccc(Br)cc2C1=O)c1ccc(O)cc1. The molecule has 0 bridgehead atoms. The molecule has 0 saturated heterocycles. The Balaban J connectivity index is 1.50. The van der Waals surface area contributed by atoms with E-state index in [-0.39, 0.29) is 30.1 Å². The summed E-state index contributed by atoms with van der Waals surface area (Å²) < 4.78 is 0.744. The average Bonchev–Trinajstić information content (AvgIpc) is 2.89. The second-order valence-corrected chi connectivity index (χ2v) is 7.03. The molecule has 0 saturated carbocycles. The number of phenols is 1. The number of phenolic OH excluding ortho intramolecular Hbond substituents is 1. The van der Waals surface area contributed by atoms with Crippen LogP contribution < -0.4 is 10.2 Å². The van der Waals surface area contributed by atoms with Gasteiger partial charge in [0.25, 0.3) is 11.8 Å². The van der Waals surface area contributed by atoms with Crippen LogP contribution in [0.2, 0.25) is 0 Å². The summed E-state index contributed by atoms with van der Waals surface area (Å²) in [6, 6.07) is 11.0. The highest BCUT2D eigenvalue weighted by atomic mass is 79.9. The number of anilines is 1. The van der Waals surface area contributed by atoms with Crippen LogP contribution >= 0.6 is 15.9 Å². The fraction of sp³-hybridized carbons (Fsp3) is 0.211. The number of fused-ring (bicyclic) bond motifs is 1. The van der Waals surface area contributed by atoms with Crippen molar-refractivity contribution in [2.24, 2.45) is 0 Å². The number of nitrogens with zero attached hydrogens (tertiary/aromatic N) is 2. The standard InChI is InChI=1S/C19H18BrN3O4/c1-22(13-4-6-14(24)7-5-13)19(27)21-9-2-10-23-17(25)15-8-3-12(20)11-16(15)18(23)26/h3-8,11,24H,2,9-10H2,1H3,(H,21,27). The minimum absolute atomic E-state index is 0.125. The smallest absolute Gasteiger partial charge is 0.321 e. The molecule has 2 aromatic carbocycles.